The predicted octanol–water partition coefficient (Wildman–Crippen LogP) is 7.73. The molecule has 5 aromatic rings. The van der Waals surface area contributed by atoms with Crippen molar-refractivity contribution in [2.75, 3.05) is 5.32 Å². The number of aromatic nitrogens is 2. The number of aryl methyl sites for hydroxylation is 1. The minimum atomic E-state index is -0.825. The van der Waals surface area contributed by atoms with Crippen molar-refractivity contribution in [3.63, 3.8) is 0 Å². The zero-order valence-electron chi connectivity index (χ0n) is 21.4. The summed E-state index contributed by atoms with van der Waals surface area (Å²) in [6.07, 6.45) is 1.29. The van der Waals surface area contributed by atoms with Crippen LogP contribution in [-0.2, 0) is 22.0 Å². The Kier molecular flexibility index (Phi) is 6.42. The fourth-order valence-electron chi connectivity index (χ4n) is 4.70. The normalized spacial score (nSPS) is 14.7. The average Bonchev–Trinajstić information content (AvgIpc) is 3.34. The first kappa shape index (κ1) is 26.1. The molecule has 0 bridgehead atoms. The molecule has 40 heavy (non-hydrogen) atoms. The van der Waals surface area contributed by atoms with Gasteiger partial charge >= 0.3 is 12.1 Å². The third-order valence-corrected chi connectivity index (χ3v) is 9.69. The number of hydrogen-bond donors (Lipinski definition) is 2. The Morgan fingerprint density at radius 1 is 1.02 bits per heavy atom. The molecule has 0 saturated heterocycles. The monoisotopic (exact) mass is 579 g/mol. The maximum atomic E-state index is 15.5. The van der Waals surface area contributed by atoms with Gasteiger partial charge in [0, 0.05) is 42.9 Å². The van der Waals surface area contributed by atoms with Crippen molar-refractivity contribution in [3.8, 4) is 21.6 Å². The standard InChI is InChI=1S/C29H23F2N3O4S2/c1-15(16-6-4-3-5-7-16)38-28(37)33-26-19(14-32-34(26)2)17-10-21(31)18(11-20(17)30)22-12-23-24(39-22)13-25(40-23)29(8-9-29)27(35)36/h3-7,10-15H,8-9H2,1-2H3,(H,33,37)(H,35,36)/t15-/m1/s1. The lowest BCUT2D eigenvalue weighted by Gasteiger charge is -2.15. The summed E-state index contributed by atoms with van der Waals surface area (Å²) in [6, 6.07) is 15.1. The molecule has 1 saturated carbocycles. The first-order chi connectivity index (χ1) is 19.2. The van der Waals surface area contributed by atoms with Crippen molar-refractivity contribution >= 4 is 50.0 Å². The largest absolute Gasteiger partial charge is 0.481 e. The minimum Gasteiger partial charge on any atom is -0.481 e. The summed E-state index contributed by atoms with van der Waals surface area (Å²) < 4.78 is 39.4. The Bertz CT molecular complexity index is 1740. The summed E-state index contributed by atoms with van der Waals surface area (Å²) in [5.74, 6) is -1.98. The van der Waals surface area contributed by atoms with E-state index in [0.29, 0.717) is 17.7 Å². The fourth-order valence-corrected chi connectivity index (χ4v) is 7.35. The summed E-state index contributed by atoms with van der Waals surface area (Å²) in [5, 5.41) is 16.3. The molecule has 6 rings (SSSR count). The zero-order chi connectivity index (χ0) is 28.2. The molecule has 11 heteroatoms. The van der Waals surface area contributed by atoms with Gasteiger partial charge < -0.3 is 9.84 Å². The summed E-state index contributed by atoms with van der Waals surface area (Å²) in [6.45, 7) is 1.73. The number of hydrogen-bond acceptors (Lipinski definition) is 6. The van der Waals surface area contributed by atoms with Crippen LogP contribution in [0.4, 0.5) is 19.4 Å². The molecule has 1 amide bonds. The molecule has 1 atom stereocenters. The van der Waals surface area contributed by atoms with Crippen LogP contribution in [0.25, 0.3) is 31.0 Å². The molecule has 0 radical (unpaired) electrons. The van der Waals surface area contributed by atoms with Crippen molar-refractivity contribution in [1.82, 2.24) is 9.78 Å². The van der Waals surface area contributed by atoms with E-state index in [4.69, 9.17) is 4.74 Å². The van der Waals surface area contributed by atoms with Gasteiger partial charge in [0.2, 0.25) is 0 Å². The van der Waals surface area contributed by atoms with E-state index in [1.165, 1.54) is 33.6 Å². The first-order valence-electron chi connectivity index (χ1n) is 12.5. The van der Waals surface area contributed by atoms with Crippen LogP contribution in [0.1, 0.15) is 36.3 Å². The molecule has 3 aromatic heterocycles. The number of amides is 1. The van der Waals surface area contributed by atoms with E-state index in [-0.39, 0.29) is 22.5 Å². The minimum absolute atomic E-state index is 0.0569. The second-order valence-electron chi connectivity index (χ2n) is 9.76. The fraction of sp³-hybridized carbons (Fsp3) is 0.207. The smallest absolute Gasteiger partial charge is 0.413 e. The molecule has 0 aliphatic heterocycles. The second-order valence-corrected chi connectivity index (χ2v) is 11.9. The van der Waals surface area contributed by atoms with E-state index in [9.17, 15) is 14.7 Å². The van der Waals surface area contributed by atoms with Crippen LogP contribution in [-0.4, -0.2) is 26.9 Å². The van der Waals surface area contributed by atoms with Gasteiger partial charge in [-0.25, -0.2) is 13.6 Å². The molecule has 2 N–H and O–H groups in total. The van der Waals surface area contributed by atoms with Crippen LogP contribution in [0, 0.1) is 11.6 Å². The molecule has 0 spiro atoms. The van der Waals surface area contributed by atoms with Crippen LogP contribution in [0.5, 0.6) is 0 Å². The third-order valence-electron chi connectivity index (χ3n) is 7.16. The summed E-state index contributed by atoms with van der Waals surface area (Å²) in [5.41, 5.74) is 0.258. The van der Waals surface area contributed by atoms with Crippen molar-refractivity contribution < 1.29 is 28.2 Å². The predicted molar refractivity (Wildman–Crippen MR) is 151 cm³/mol. The highest BCUT2D eigenvalue weighted by molar-refractivity contribution is 7.29. The van der Waals surface area contributed by atoms with Crippen LogP contribution in [0.2, 0.25) is 0 Å². The number of rotatable bonds is 7. The molecule has 7 nitrogen and oxygen atoms in total. The Hall–Kier alpha value is -4.09. The number of carboxylic acids is 1. The number of anilines is 1. The quantitative estimate of drug-likeness (QED) is 0.206. The van der Waals surface area contributed by atoms with Crippen LogP contribution < -0.4 is 5.32 Å². The summed E-state index contributed by atoms with van der Waals surface area (Å²) in [7, 11) is 1.57. The van der Waals surface area contributed by atoms with Crippen molar-refractivity contribution in [2.45, 2.75) is 31.3 Å². The second kappa shape index (κ2) is 9.83. The highest BCUT2D eigenvalue weighted by atomic mass is 32.1. The van der Waals surface area contributed by atoms with Gasteiger partial charge in [0.25, 0.3) is 0 Å². The van der Waals surface area contributed by atoms with E-state index in [2.05, 4.69) is 10.4 Å². The maximum absolute atomic E-state index is 15.5. The van der Waals surface area contributed by atoms with Crippen molar-refractivity contribution in [3.05, 3.63) is 82.9 Å². The summed E-state index contributed by atoms with van der Waals surface area (Å²) >= 11 is 2.68. The first-order valence-corrected chi connectivity index (χ1v) is 14.1. The Labute approximate surface area is 235 Å². The van der Waals surface area contributed by atoms with Crippen molar-refractivity contribution in [2.24, 2.45) is 7.05 Å². The number of halogens is 2. The molecule has 0 unspecified atom stereocenters. The van der Waals surface area contributed by atoms with Crippen LogP contribution >= 0.6 is 22.7 Å². The highest BCUT2D eigenvalue weighted by Gasteiger charge is 2.53. The SMILES string of the molecule is C[C@@H](OC(=O)Nc1c(-c2cc(F)c(-c3cc4sc(C5(C(=O)O)CC5)cc4s3)cc2F)cnn1C)c1ccccc1. The number of benzene rings is 2. The summed E-state index contributed by atoms with van der Waals surface area (Å²) in [4.78, 5) is 25.6. The molecular weight excluding hydrogens is 556 g/mol. The van der Waals surface area contributed by atoms with Gasteiger partial charge in [-0.1, -0.05) is 30.3 Å². The van der Waals surface area contributed by atoms with Crippen LogP contribution in [0.3, 0.4) is 0 Å². The maximum Gasteiger partial charge on any atom is 0.413 e. The van der Waals surface area contributed by atoms with Gasteiger partial charge in [0.05, 0.1) is 6.20 Å². The Balaban J connectivity index is 1.26. The Morgan fingerprint density at radius 3 is 2.38 bits per heavy atom. The number of nitrogens with zero attached hydrogens (tertiary/aromatic N) is 2. The van der Waals surface area contributed by atoms with Gasteiger partial charge in [-0.3, -0.25) is 14.8 Å². The topological polar surface area (TPSA) is 93.4 Å². The van der Waals surface area contributed by atoms with Crippen LogP contribution in [0.15, 0.2) is 60.8 Å². The molecule has 1 fully saturated rings. The average molecular weight is 580 g/mol. The number of ether oxygens (including phenoxy) is 1. The van der Waals surface area contributed by atoms with E-state index in [1.54, 1.807) is 20.0 Å². The molecular formula is C29H23F2N3O4S2. The van der Waals surface area contributed by atoms with Crippen molar-refractivity contribution in [1.29, 1.82) is 0 Å². The van der Waals surface area contributed by atoms with Gasteiger partial charge in [-0.15, -0.1) is 22.7 Å². The van der Waals surface area contributed by atoms with Gasteiger partial charge in [-0.05, 0) is 49.6 Å². The molecule has 1 aliphatic carbocycles. The van der Waals surface area contributed by atoms with E-state index in [0.717, 1.165) is 32.0 Å². The van der Waals surface area contributed by atoms with Gasteiger partial charge in [0.15, 0.2) is 0 Å². The molecule has 204 valence electrons. The van der Waals surface area contributed by atoms with E-state index in [1.807, 2.05) is 36.4 Å². The number of carbonyl (C=O) groups excluding carboxylic acids is 1. The van der Waals surface area contributed by atoms with E-state index < -0.39 is 35.2 Å². The van der Waals surface area contributed by atoms with Gasteiger partial charge in [-0.2, -0.15) is 5.10 Å². The molecule has 2 aromatic carbocycles. The Morgan fingerprint density at radius 2 is 1.70 bits per heavy atom. The highest BCUT2D eigenvalue weighted by Crippen LogP contribution is 2.53. The number of fused-ring (bicyclic) bond motifs is 1. The van der Waals surface area contributed by atoms with Gasteiger partial charge in [0.1, 0.15) is 29.0 Å². The lowest BCUT2D eigenvalue weighted by molar-refractivity contribution is -0.139. The number of aliphatic carboxylic acids is 1. The van der Waals surface area contributed by atoms with E-state index >= 15 is 8.78 Å². The molecule has 1 aliphatic rings. The number of thiophene rings is 2. The third kappa shape index (κ3) is 4.54. The lowest BCUT2D eigenvalue weighted by Crippen LogP contribution is -2.18. The number of nitrogens with one attached hydrogen (secondary N) is 1. The number of carbonyl (C=O) groups is 2. The zero-order valence-corrected chi connectivity index (χ0v) is 23.0. The number of carboxylic acid groups (broad SMARTS) is 1. The molecule has 3 heterocycles. The lowest BCUT2D eigenvalue weighted by atomic mass is 10.0.